The standard InChI is InChI=1S/C34H40N8O3S/c1-40(2)15-4-7-30(43)35-25-10-8-24(9-11-25)33(44)36-26-5-3-6-27(23-26)37-34-38-29-14-22-46-31(29)32(39-34)42-16-12-28(13-17-42)41-18-20-45-21-19-41/h3-11,14,22-23,28H,12-13,15-21H2,1-2H3,(H,35,43)(H,36,44)(H,37,38,39)/b7-4+. The normalized spacial score (nSPS) is 16.3. The Labute approximate surface area is 273 Å². The zero-order valence-corrected chi connectivity index (χ0v) is 27.1. The van der Waals surface area contributed by atoms with E-state index in [1.165, 1.54) is 6.08 Å². The molecule has 0 atom stereocenters. The first kappa shape index (κ1) is 31.6. The fourth-order valence-corrected chi connectivity index (χ4v) is 6.62. The molecule has 46 heavy (non-hydrogen) atoms. The number of hydrogen-bond donors (Lipinski definition) is 3. The van der Waals surface area contributed by atoms with E-state index in [4.69, 9.17) is 14.7 Å². The predicted octanol–water partition coefficient (Wildman–Crippen LogP) is 5.04. The molecule has 2 amide bonds. The summed E-state index contributed by atoms with van der Waals surface area (Å²) in [5.74, 6) is 1.02. The van der Waals surface area contributed by atoms with E-state index >= 15 is 0 Å². The summed E-state index contributed by atoms with van der Waals surface area (Å²) in [4.78, 5) is 41.8. The van der Waals surface area contributed by atoms with Crippen molar-refractivity contribution in [1.29, 1.82) is 0 Å². The molecule has 2 aliphatic heterocycles. The van der Waals surface area contributed by atoms with Crippen LogP contribution in [-0.4, -0.2) is 97.7 Å². The predicted molar refractivity (Wildman–Crippen MR) is 185 cm³/mol. The SMILES string of the molecule is CN(C)C/C=C/C(=O)Nc1ccc(C(=O)Nc2cccc(Nc3nc(N4CCC(N5CCOCC5)CC4)c4sccc4n3)c2)cc1. The Kier molecular flexibility index (Phi) is 10.2. The third kappa shape index (κ3) is 8.07. The molecule has 240 valence electrons. The second kappa shape index (κ2) is 14.8. The summed E-state index contributed by atoms with van der Waals surface area (Å²) in [5, 5.41) is 11.2. The first-order chi connectivity index (χ1) is 22.4. The number of rotatable bonds is 10. The summed E-state index contributed by atoms with van der Waals surface area (Å²) < 4.78 is 6.65. The highest BCUT2D eigenvalue weighted by molar-refractivity contribution is 7.17. The molecule has 4 heterocycles. The number of nitrogens with one attached hydrogen (secondary N) is 3. The van der Waals surface area contributed by atoms with E-state index in [2.05, 4.69) is 31.1 Å². The van der Waals surface area contributed by atoms with Gasteiger partial charge in [0.25, 0.3) is 5.91 Å². The van der Waals surface area contributed by atoms with Crippen LogP contribution in [0.2, 0.25) is 0 Å². The fourth-order valence-electron chi connectivity index (χ4n) is 5.77. The number of likely N-dealkylation sites (N-methyl/N-ethyl adjacent to an activating group) is 1. The molecule has 0 saturated carbocycles. The van der Waals surface area contributed by atoms with Gasteiger partial charge in [0.15, 0.2) is 5.82 Å². The molecule has 6 rings (SSSR count). The van der Waals surface area contributed by atoms with Crippen molar-refractivity contribution in [2.45, 2.75) is 18.9 Å². The van der Waals surface area contributed by atoms with E-state index < -0.39 is 0 Å². The van der Waals surface area contributed by atoms with Gasteiger partial charge < -0.3 is 30.5 Å². The third-order valence-electron chi connectivity index (χ3n) is 8.14. The van der Waals surface area contributed by atoms with Crippen molar-refractivity contribution in [3.63, 3.8) is 0 Å². The zero-order valence-electron chi connectivity index (χ0n) is 26.2. The van der Waals surface area contributed by atoms with Gasteiger partial charge >= 0.3 is 0 Å². The molecular formula is C34H40N8O3S. The number of benzene rings is 2. The van der Waals surface area contributed by atoms with Crippen molar-refractivity contribution >= 4 is 62.2 Å². The molecule has 3 N–H and O–H groups in total. The number of piperidine rings is 1. The van der Waals surface area contributed by atoms with Gasteiger partial charge in [-0.25, -0.2) is 4.98 Å². The average molecular weight is 641 g/mol. The second-order valence-electron chi connectivity index (χ2n) is 11.8. The van der Waals surface area contributed by atoms with E-state index in [9.17, 15) is 9.59 Å². The molecule has 0 bridgehead atoms. The maximum Gasteiger partial charge on any atom is 0.255 e. The Bertz CT molecular complexity index is 1680. The van der Waals surface area contributed by atoms with Crippen LogP contribution in [0.25, 0.3) is 10.2 Å². The Morgan fingerprint density at radius 2 is 1.72 bits per heavy atom. The largest absolute Gasteiger partial charge is 0.379 e. The van der Waals surface area contributed by atoms with E-state index in [-0.39, 0.29) is 11.8 Å². The van der Waals surface area contributed by atoms with Crippen molar-refractivity contribution in [3.8, 4) is 0 Å². The highest BCUT2D eigenvalue weighted by Crippen LogP contribution is 2.33. The lowest BCUT2D eigenvalue weighted by Gasteiger charge is -2.40. The van der Waals surface area contributed by atoms with Gasteiger partial charge in [-0.1, -0.05) is 12.1 Å². The minimum Gasteiger partial charge on any atom is -0.379 e. The Morgan fingerprint density at radius 3 is 2.48 bits per heavy atom. The molecule has 11 nitrogen and oxygen atoms in total. The van der Waals surface area contributed by atoms with Crippen molar-refractivity contribution in [1.82, 2.24) is 19.8 Å². The van der Waals surface area contributed by atoms with Crippen molar-refractivity contribution < 1.29 is 14.3 Å². The van der Waals surface area contributed by atoms with Gasteiger partial charge in [-0.3, -0.25) is 14.5 Å². The minimum absolute atomic E-state index is 0.217. The van der Waals surface area contributed by atoms with Crippen molar-refractivity contribution in [3.05, 3.63) is 77.7 Å². The van der Waals surface area contributed by atoms with E-state index in [1.54, 1.807) is 41.7 Å². The number of anilines is 5. The van der Waals surface area contributed by atoms with Gasteiger partial charge in [0.05, 0.1) is 23.4 Å². The van der Waals surface area contributed by atoms with Gasteiger partial charge in [0.2, 0.25) is 11.9 Å². The molecule has 2 fully saturated rings. The van der Waals surface area contributed by atoms with Gasteiger partial charge in [0.1, 0.15) is 0 Å². The molecule has 0 aliphatic carbocycles. The van der Waals surface area contributed by atoms with Crippen LogP contribution in [0.1, 0.15) is 23.2 Å². The number of fused-ring (bicyclic) bond motifs is 1. The molecule has 2 aromatic heterocycles. The number of carbonyl (C=O) groups excluding carboxylic acids is 2. The van der Waals surface area contributed by atoms with E-state index in [0.717, 1.165) is 74.0 Å². The number of aromatic nitrogens is 2. The Hall–Kier alpha value is -4.36. The number of carbonyl (C=O) groups is 2. The van der Waals surface area contributed by atoms with Gasteiger partial charge in [-0.05, 0) is 80.8 Å². The molecule has 2 aliphatic rings. The van der Waals surface area contributed by atoms with Crippen LogP contribution in [0.15, 0.2) is 72.1 Å². The molecule has 2 aromatic carbocycles. The Balaban J connectivity index is 1.08. The van der Waals surface area contributed by atoms with Gasteiger partial charge in [-0.2, -0.15) is 4.98 Å². The van der Waals surface area contributed by atoms with Crippen LogP contribution in [0.3, 0.4) is 0 Å². The van der Waals surface area contributed by atoms with Crippen LogP contribution in [0, 0.1) is 0 Å². The number of nitrogens with zero attached hydrogens (tertiary/aromatic N) is 5. The average Bonchev–Trinajstić information content (AvgIpc) is 3.54. The lowest BCUT2D eigenvalue weighted by atomic mass is 10.0. The van der Waals surface area contributed by atoms with Crippen LogP contribution in [-0.2, 0) is 9.53 Å². The monoisotopic (exact) mass is 640 g/mol. The number of morpholine rings is 1. The number of thiophene rings is 1. The summed E-state index contributed by atoms with van der Waals surface area (Å²) >= 11 is 1.67. The molecule has 0 radical (unpaired) electrons. The van der Waals surface area contributed by atoms with Crippen LogP contribution < -0.4 is 20.9 Å². The summed E-state index contributed by atoms with van der Waals surface area (Å²) in [5.41, 5.74) is 3.42. The maximum absolute atomic E-state index is 13.0. The molecule has 4 aromatic rings. The lowest BCUT2D eigenvalue weighted by Crippen LogP contribution is -2.49. The van der Waals surface area contributed by atoms with Crippen molar-refractivity contribution in [2.75, 3.05) is 80.9 Å². The summed E-state index contributed by atoms with van der Waals surface area (Å²) in [7, 11) is 3.87. The number of amides is 2. The molecule has 0 spiro atoms. The summed E-state index contributed by atoms with van der Waals surface area (Å²) in [6.45, 7) is 6.27. The second-order valence-corrected chi connectivity index (χ2v) is 12.7. The zero-order chi connectivity index (χ0) is 31.9. The minimum atomic E-state index is -0.250. The van der Waals surface area contributed by atoms with Gasteiger partial charge in [0, 0.05) is 67.5 Å². The van der Waals surface area contributed by atoms with Crippen LogP contribution in [0.5, 0.6) is 0 Å². The maximum atomic E-state index is 13.0. The first-order valence-electron chi connectivity index (χ1n) is 15.6. The van der Waals surface area contributed by atoms with Gasteiger partial charge in [-0.15, -0.1) is 11.3 Å². The quantitative estimate of drug-likeness (QED) is 0.205. The first-order valence-corrected chi connectivity index (χ1v) is 16.5. The van der Waals surface area contributed by atoms with E-state index in [1.807, 2.05) is 49.3 Å². The summed E-state index contributed by atoms with van der Waals surface area (Å²) in [6, 6.07) is 16.9. The molecule has 12 heteroatoms. The topological polar surface area (TPSA) is 115 Å². The lowest BCUT2D eigenvalue weighted by molar-refractivity contribution is -0.111. The fraction of sp³-hybridized carbons (Fsp3) is 0.353. The third-order valence-corrected chi connectivity index (χ3v) is 9.04. The molecule has 0 unspecified atom stereocenters. The highest BCUT2D eigenvalue weighted by atomic mass is 32.1. The molecule has 2 saturated heterocycles. The van der Waals surface area contributed by atoms with Crippen LogP contribution in [0.4, 0.5) is 28.8 Å². The number of hydrogen-bond acceptors (Lipinski definition) is 10. The Morgan fingerprint density at radius 1 is 0.957 bits per heavy atom. The smallest absolute Gasteiger partial charge is 0.255 e. The summed E-state index contributed by atoms with van der Waals surface area (Å²) in [6.07, 6.45) is 5.50. The van der Waals surface area contributed by atoms with Crippen molar-refractivity contribution in [2.24, 2.45) is 0 Å². The highest BCUT2D eigenvalue weighted by Gasteiger charge is 2.27. The van der Waals surface area contributed by atoms with E-state index in [0.29, 0.717) is 35.5 Å². The van der Waals surface area contributed by atoms with Crippen LogP contribution >= 0.6 is 11.3 Å². The molecular weight excluding hydrogens is 600 g/mol. The number of ether oxygens (including phenoxy) is 1.